The lowest BCUT2D eigenvalue weighted by Gasteiger charge is -2.55. The molecule has 3 fully saturated rings. The topological polar surface area (TPSA) is 71.7 Å². The third kappa shape index (κ3) is 3.58. The number of benzene rings is 1. The molecule has 3 aliphatic heterocycles. The number of ether oxygens (including phenoxy) is 1. The predicted molar refractivity (Wildman–Crippen MR) is 113 cm³/mol. The maximum Gasteiger partial charge on any atom is 0.418 e. The van der Waals surface area contributed by atoms with Crippen LogP contribution >= 0.6 is 11.3 Å². The third-order valence-electron chi connectivity index (χ3n) is 5.57. The first-order chi connectivity index (χ1) is 15.0. The van der Waals surface area contributed by atoms with Crippen LogP contribution in [-0.2, 0) is 10.9 Å². The SMILES string of the molecule is CC(C)(C)OC(=O)N1C2CC1CN(c1nc3c(C(F)(F)F)ccc(-c4nccs4)c3o1)C2. The zero-order valence-corrected chi connectivity index (χ0v) is 18.5. The molecule has 3 saturated heterocycles. The van der Waals surface area contributed by atoms with Crippen LogP contribution in [-0.4, -0.2) is 51.7 Å². The van der Waals surface area contributed by atoms with Gasteiger partial charge in [0.05, 0.1) is 23.2 Å². The van der Waals surface area contributed by atoms with E-state index in [4.69, 9.17) is 9.15 Å². The fraction of sp³-hybridized carbons (Fsp3) is 0.476. The highest BCUT2D eigenvalue weighted by atomic mass is 32.1. The molecule has 0 aliphatic carbocycles. The third-order valence-corrected chi connectivity index (χ3v) is 6.37. The number of thiazole rings is 1. The number of anilines is 1. The standard InChI is InChI=1S/C21H21F3N4O3S/c1-20(2,3)31-19(29)28-11-8-12(28)10-27(9-11)18-26-15-14(21(22,23)24)5-4-13(16(15)30-18)17-25-6-7-32-17/h4-7,11-12H,8-10H2,1-3H3. The number of aromatic nitrogens is 2. The number of piperazine rings is 1. The van der Waals surface area contributed by atoms with Gasteiger partial charge in [0.25, 0.3) is 6.01 Å². The van der Waals surface area contributed by atoms with E-state index in [1.54, 1.807) is 21.4 Å². The number of hydrogen-bond donors (Lipinski definition) is 0. The summed E-state index contributed by atoms with van der Waals surface area (Å²) >= 11 is 1.31. The second-order valence-electron chi connectivity index (χ2n) is 9.01. The van der Waals surface area contributed by atoms with Crippen LogP contribution in [0.1, 0.15) is 32.8 Å². The van der Waals surface area contributed by atoms with Gasteiger partial charge in [-0.3, -0.25) is 4.90 Å². The number of hydrogen-bond acceptors (Lipinski definition) is 7. The first kappa shape index (κ1) is 21.0. The van der Waals surface area contributed by atoms with Crippen molar-refractivity contribution in [1.82, 2.24) is 14.9 Å². The molecule has 2 bridgehead atoms. The van der Waals surface area contributed by atoms with E-state index < -0.39 is 17.3 Å². The van der Waals surface area contributed by atoms with Gasteiger partial charge in [-0.1, -0.05) is 0 Å². The molecule has 5 heterocycles. The van der Waals surface area contributed by atoms with E-state index >= 15 is 0 Å². The summed E-state index contributed by atoms with van der Waals surface area (Å²) < 4.78 is 52.2. The molecule has 0 radical (unpaired) electrons. The van der Waals surface area contributed by atoms with Crippen LogP contribution in [0.25, 0.3) is 21.7 Å². The predicted octanol–water partition coefficient (Wildman–Crippen LogP) is 5.17. The molecule has 2 atom stereocenters. The second-order valence-corrected chi connectivity index (χ2v) is 9.90. The zero-order chi connectivity index (χ0) is 22.8. The van der Waals surface area contributed by atoms with Crippen molar-refractivity contribution in [2.45, 2.75) is 51.1 Å². The highest BCUT2D eigenvalue weighted by Crippen LogP contribution is 2.42. The number of fused-ring (bicyclic) bond motifs is 3. The highest BCUT2D eigenvalue weighted by Gasteiger charge is 2.50. The normalized spacial score (nSPS) is 21.1. The summed E-state index contributed by atoms with van der Waals surface area (Å²) in [7, 11) is 0. The Balaban J connectivity index is 1.46. The maximum atomic E-state index is 13.6. The number of carbonyl (C=O) groups excluding carboxylic acids is 1. The molecule has 3 aliphatic rings. The summed E-state index contributed by atoms with van der Waals surface area (Å²) in [6.45, 7) is 6.25. The maximum absolute atomic E-state index is 13.6. The van der Waals surface area contributed by atoms with E-state index in [2.05, 4.69) is 9.97 Å². The van der Waals surface area contributed by atoms with Gasteiger partial charge in [-0.15, -0.1) is 11.3 Å². The summed E-state index contributed by atoms with van der Waals surface area (Å²) in [5.74, 6) is 0. The van der Waals surface area contributed by atoms with E-state index in [0.29, 0.717) is 23.7 Å². The van der Waals surface area contributed by atoms with Gasteiger partial charge in [0.15, 0.2) is 5.58 Å². The molecule has 32 heavy (non-hydrogen) atoms. The zero-order valence-electron chi connectivity index (χ0n) is 17.6. The van der Waals surface area contributed by atoms with Crippen molar-refractivity contribution in [3.63, 3.8) is 0 Å². The Morgan fingerprint density at radius 1 is 1.22 bits per heavy atom. The lowest BCUT2D eigenvalue weighted by atomic mass is 9.88. The number of nitrogens with zero attached hydrogens (tertiary/aromatic N) is 4. The lowest BCUT2D eigenvalue weighted by Crippen LogP contribution is -2.70. The van der Waals surface area contributed by atoms with Crippen molar-refractivity contribution in [3.05, 3.63) is 29.3 Å². The monoisotopic (exact) mass is 466 g/mol. The minimum atomic E-state index is -4.56. The van der Waals surface area contributed by atoms with Crippen LogP contribution in [0, 0.1) is 0 Å². The molecule has 0 spiro atoms. The van der Waals surface area contributed by atoms with E-state index in [1.165, 1.54) is 17.4 Å². The van der Waals surface area contributed by atoms with Crippen molar-refractivity contribution >= 4 is 34.5 Å². The Hall–Kier alpha value is -2.82. The van der Waals surface area contributed by atoms with Gasteiger partial charge in [0.2, 0.25) is 0 Å². The molecule has 3 aromatic rings. The molecule has 0 saturated carbocycles. The van der Waals surface area contributed by atoms with Crippen molar-refractivity contribution in [1.29, 1.82) is 0 Å². The molecule has 0 N–H and O–H groups in total. The molecular weight excluding hydrogens is 445 g/mol. The largest absolute Gasteiger partial charge is 0.444 e. The van der Waals surface area contributed by atoms with Crippen LogP contribution < -0.4 is 4.90 Å². The fourth-order valence-electron chi connectivity index (χ4n) is 4.26. The summed E-state index contributed by atoms with van der Waals surface area (Å²) in [4.78, 5) is 24.4. The Bertz CT molecular complexity index is 1160. The fourth-order valence-corrected chi connectivity index (χ4v) is 4.92. The van der Waals surface area contributed by atoms with Gasteiger partial charge in [-0.05, 0) is 39.3 Å². The van der Waals surface area contributed by atoms with Gasteiger partial charge in [0, 0.05) is 24.7 Å². The van der Waals surface area contributed by atoms with E-state index in [-0.39, 0.29) is 35.3 Å². The van der Waals surface area contributed by atoms with Gasteiger partial charge in [-0.25, -0.2) is 9.78 Å². The molecule has 6 rings (SSSR count). The molecule has 2 aromatic heterocycles. The van der Waals surface area contributed by atoms with Crippen LogP contribution in [0.2, 0.25) is 0 Å². The van der Waals surface area contributed by atoms with Gasteiger partial charge in [0.1, 0.15) is 16.1 Å². The number of halogens is 3. The molecule has 1 aromatic carbocycles. The van der Waals surface area contributed by atoms with Gasteiger partial charge in [-0.2, -0.15) is 18.2 Å². The van der Waals surface area contributed by atoms with Crippen LogP contribution in [0.15, 0.2) is 28.1 Å². The minimum absolute atomic E-state index is 0.0630. The Morgan fingerprint density at radius 2 is 1.94 bits per heavy atom. The van der Waals surface area contributed by atoms with Crippen LogP contribution in [0.5, 0.6) is 0 Å². The van der Waals surface area contributed by atoms with Gasteiger partial charge >= 0.3 is 12.3 Å². The number of carbonyl (C=O) groups is 1. The van der Waals surface area contributed by atoms with E-state index in [0.717, 1.165) is 12.5 Å². The first-order valence-corrected chi connectivity index (χ1v) is 11.1. The Morgan fingerprint density at radius 3 is 2.53 bits per heavy atom. The number of piperidine rings is 1. The number of alkyl halides is 3. The average molecular weight is 466 g/mol. The number of rotatable bonds is 2. The number of oxazole rings is 1. The summed E-state index contributed by atoms with van der Waals surface area (Å²) in [6, 6.07) is 2.31. The smallest absolute Gasteiger partial charge is 0.418 e. The summed E-state index contributed by atoms with van der Waals surface area (Å²) in [5.41, 5.74) is -1.14. The first-order valence-electron chi connectivity index (χ1n) is 10.2. The molecule has 11 heteroatoms. The highest BCUT2D eigenvalue weighted by molar-refractivity contribution is 7.13. The quantitative estimate of drug-likeness (QED) is 0.519. The summed E-state index contributed by atoms with van der Waals surface area (Å²) in [6.07, 6.45) is -2.54. The van der Waals surface area contributed by atoms with Crippen LogP contribution in [0.3, 0.4) is 0 Å². The molecule has 7 nitrogen and oxygen atoms in total. The molecular formula is C21H21F3N4O3S. The Kier molecular flexibility index (Phi) is 4.66. The second kappa shape index (κ2) is 7.09. The average Bonchev–Trinajstić information content (AvgIpc) is 3.35. The van der Waals surface area contributed by atoms with Crippen molar-refractivity contribution in [2.24, 2.45) is 0 Å². The molecule has 170 valence electrons. The summed E-state index contributed by atoms with van der Waals surface area (Å²) in [5, 5.41) is 2.31. The number of amides is 1. The van der Waals surface area contributed by atoms with Crippen molar-refractivity contribution < 1.29 is 27.1 Å². The Labute approximate surface area is 185 Å². The molecule has 2 unspecified atom stereocenters. The van der Waals surface area contributed by atoms with Gasteiger partial charge < -0.3 is 14.1 Å². The molecule has 1 amide bonds. The minimum Gasteiger partial charge on any atom is -0.444 e. The van der Waals surface area contributed by atoms with Crippen molar-refractivity contribution in [3.8, 4) is 10.6 Å². The van der Waals surface area contributed by atoms with E-state index in [9.17, 15) is 18.0 Å². The lowest BCUT2D eigenvalue weighted by molar-refractivity contribution is -0.136. The van der Waals surface area contributed by atoms with Crippen LogP contribution in [0.4, 0.5) is 24.0 Å². The van der Waals surface area contributed by atoms with Crippen molar-refractivity contribution in [2.75, 3.05) is 18.0 Å². The van der Waals surface area contributed by atoms with E-state index in [1.807, 2.05) is 20.8 Å².